The van der Waals surface area contributed by atoms with E-state index < -0.39 is 0 Å². The van der Waals surface area contributed by atoms with Crippen molar-refractivity contribution in [2.75, 3.05) is 32.1 Å². The van der Waals surface area contributed by atoms with Crippen molar-refractivity contribution in [3.63, 3.8) is 0 Å². The maximum Gasteiger partial charge on any atom is 0.122 e. The summed E-state index contributed by atoms with van der Waals surface area (Å²) in [7, 11) is 4.03. The van der Waals surface area contributed by atoms with Crippen LogP contribution in [0.25, 0.3) is 0 Å². The van der Waals surface area contributed by atoms with E-state index >= 15 is 0 Å². The molecule has 2 aliphatic rings. The summed E-state index contributed by atoms with van der Waals surface area (Å²) >= 11 is 6.18. The van der Waals surface area contributed by atoms with Gasteiger partial charge in [0.15, 0.2) is 0 Å². The molecule has 3 nitrogen and oxygen atoms in total. The molecule has 1 aliphatic heterocycles. The van der Waals surface area contributed by atoms with Gasteiger partial charge in [-0.3, -0.25) is 4.90 Å². The maximum absolute atomic E-state index is 6.18. The minimum absolute atomic E-state index is 0.461. The molecule has 2 atom stereocenters. The molecule has 0 aromatic heterocycles. The first-order valence-electron chi connectivity index (χ1n) is 8.96. The summed E-state index contributed by atoms with van der Waals surface area (Å²) in [6.07, 6.45) is 2.10. The zero-order valence-electron chi connectivity index (χ0n) is 15.1. The molecular formula is C21H25ClN2O. The van der Waals surface area contributed by atoms with Crippen LogP contribution in [0, 0.1) is 6.92 Å². The van der Waals surface area contributed by atoms with E-state index in [1.54, 1.807) is 7.11 Å². The van der Waals surface area contributed by atoms with Gasteiger partial charge in [-0.1, -0.05) is 23.7 Å². The predicted molar refractivity (Wildman–Crippen MR) is 104 cm³/mol. The highest BCUT2D eigenvalue weighted by atomic mass is 35.5. The second kappa shape index (κ2) is 6.54. The Morgan fingerprint density at radius 3 is 2.68 bits per heavy atom. The van der Waals surface area contributed by atoms with Gasteiger partial charge in [-0.2, -0.15) is 0 Å². The third-order valence-corrected chi connectivity index (χ3v) is 6.10. The number of nitrogens with zero attached hydrogens (tertiary/aromatic N) is 2. The highest BCUT2D eigenvalue weighted by Gasteiger charge is 2.39. The Kier molecular flexibility index (Phi) is 4.38. The molecule has 4 heteroatoms. The van der Waals surface area contributed by atoms with E-state index in [1.807, 2.05) is 6.07 Å². The van der Waals surface area contributed by atoms with E-state index in [0.717, 1.165) is 36.7 Å². The van der Waals surface area contributed by atoms with Crippen LogP contribution in [-0.2, 0) is 12.8 Å². The second-order valence-corrected chi connectivity index (χ2v) is 7.68. The summed E-state index contributed by atoms with van der Waals surface area (Å²) in [4.78, 5) is 5.11. The fourth-order valence-corrected chi connectivity index (χ4v) is 4.76. The van der Waals surface area contributed by atoms with Gasteiger partial charge in [0.05, 0.1) is 7.11 Å². The quantitative estimate of drug-likeness (QED) is 0.810. The van der Waals surface area contributed by atoms with Crippen molar-refractivity contribution < 1.29 is 4.74 Å². The summed E-state index contributed by atoms with van der Waals surface area (Å²) in [6, 6.07) is 13.7. The third kappa shape index (κ3) is 2.90. The number of aryl methyl sites for hydroxylation is 1. The maximum atomic E-state index is 6.18. The molecule has 0 saturated carbocycles. The third-order valence-electron chi connectivity index (χ3n) is 5.86. The highest BCUT2D eigenvalue weighted by molar-refractivity contribution is 6.30. The van der Waals surface area contributed by atoms with Crippen LogP contribution in [-0.4, -0.2) is 44.2 Å². The summed E-state index contributed by atoms with van der Waals surface area (Å²) in [5.41, 5.74) is 5.37. The number of benzene rings is 2. The van der Waals surface area contributed by atoms with Crippen LogP contribution in [0.15, 0.2) is 36.4 Å². The number of fused-ring (bicyclic) bond motifs is 2. The molecule has 0 N–H and O–H groups in total. The van der Waals surface area contributed by atoms with Crippen LogP contribution in [0.5, 0.6) is 5.75 Å². The Morgan fingerprint density at radius 1 is 1.08 bits per heavy atom. The second-order valence-electron chi connectivity index (χ2n) is 7.25. The van der Waals surface area contributed by atoms with Crippen LogP contribution in [0.3, 0.4) is 0 Å². The summed E-state index contributed by atoms with van der Waals surface area (Å²) in [5.74, 6) is 1.02. The van der Waals surface area contributed by atoms with Crippen LogP contribution in [0.1, 0.15) is 16.7 Å². The molecule has 0 amide bonds. The van der Waals surface area contributed by atoms with Gasteiger partial charge in [0.2, 0.25) is 0 Å². The van der Waals surface area contributed by atoms with Gasteiger partial charge >= 0.3 is 0 Å². The standard InChI is InChI=1S/C21H25ClN2O/c1-14-11-16(22)7-8-18(14)24-10-9-23(2)19-12-15-5-4-6-21(25-3)17(15)13-20(19)24/h4-8,11,19-20H,9-10,12-13H2,1-3H3. The summed E-state index contributed by atoms with van der Waals surface area (Å²) in [5, 5.41) is 0.808. The topological polar surface area (TPSA) is 15.7 Å². The van der Waals surface area contributed by atoms with Crippen LogP contribution < -0.4 is 9.64 Å². The van der Waals surface area contributed by atoms with E-state index in [9.17, 15) is 0 Å². The largest absolute Gasteiger partial charge is 0.496 e. The van der Waals surface area contributed by atoms with E-state index in [-0.39, 0.29) is 0 Å². The van der Waals surface area contributed by atoms with E-state index in [2.05, 4.69) is 54.1 Å². The van der Waals surface area contributed by atoms with Crippen LogP contribution in [0.4, 0.5) is 5.69 Å². The molecule has 1 saturated heterocycles. The van der Waals surface area contributed by atoms with Crippen molar-refractivity contribution in [1.82, 2.24) is 4.90 Å². The van der Waals surface area contributed by atoms with Gasteiger partial charge in [-0.15, -0.1) is 0 Å². The van der Waals surface area contributed by atoms with Crippen molar-refractivity contribution in [3.05, 3.63) is 58.1 Å². The molecule has 4 rings (SSSR count). The SMILES string of the molecule is COc1cccc2c1CC1C(C2)N(C)CCN1c1ccc(Cl)cc1C. The molecule has 132 valence electrons. The molecule has 0 radical (unpaired) electrons. The average molecular weight is 357 g/mol. The predicted octanol–water partition coefficient (Wildman–Crippen LogP) is 3.94. The molecule has 1 fully saturated rings. The smallest absolute Gasteiger partial charge is 0.122 e. The first kappa shape index (κ1) is 16.7. The summed E-state index contributed by atoms with van der Waals surface area (Å²) < 4.78 is 5.65. The molecule has 0 spiro atoms. The number of rotatable bonds is 2. The number of hydrogen-bond donors (Lipinski definition) is 0. The average Bonchev–Trinajstić information content (AvgIpc) is 2.61. The number of methoxy groups -OCH3 is 1. The van der Waals surface area contributed by atoms with Crippen LogP contribution in [0.2, 0.25) is 5.02 Å². The van der Waals surface area contributed by atoms with Gasteiger partial charge in [0, 0.05) is 35.9 Å². The first-order valence-corrected chi connectivity index (χ1v) is 9.34. The minimum Gasteiger partial charge on any atom is -0.496 e. The number of anilines is 1. The molecule has 25 heavy (non-hydrogen) atoms. The van der Waals surface area contributed by atoms with Gasteiger partial charge in [-0.25, -0.2) is 0 Å². The van der Waals surface area contributed by atoms with E-state index in [0.29, 0.717) is 12.1 Å². The van der Waals surface area contributed by atoms with Gasteiger partial charge in [0.1, 0.15) is 5.75 Å². The number of halogens is 1. The number of ether oxygens (including phenoxy) is 1. The Labute approximate surface area is 155 Å². The highest BCUT2D eigenvalue weighted by Crippen LogP contribution is 2.37. The lowest BCUT2D eigenvalue weighted by Gasteiger charge is -2.50. The Hall–Kier alpha value is -1.71. The molecule has 2 aromatic rings. The van der Waals surface area contributed by atoms with Gasteiger partial charge < -0.3 is 9.64 Å². The fraction of sp³-hybridized carbons (Fsp3) is 0.429. The molecule has 2 unspecified atom stereocenters. The van der Waals surface area contributed by atoms with Crippen molar-refractivity contribution in [2.45, 2.75) is 31.8 Å². The zero-order valence-corrected chi connectivity index (χ0v) is 15.9. The van der Waals surface area contributed by atoms with Crippen molar-refractivity contribution >= 4 is 17.3 Å². The lowest BCUT2D eigenvalue weighted by atomic mass is 9.81. The minimum atomic E-state index is 0.461. The lowest BCUT2D eigenvalue weighted by Crippen LogP contribution is -2.61. The Morgan fingerprint density at radius 2 is 1.92 bits per heavy atom. The molecule has 1 heterocycles. The Bertz CT molecular complexity index is 791. The van der Waals surface area contributed by atoms with E-state index in [4.69, 9.17) is 16.3 Å². The van der Waals surface area contributed by atoms with E-state index in [1.165, 1.54) is 22.4 Å². The van der Waals surface area contributed by atoms with Gasteiger partial charge in [-0.05, 0) is 67.8 Å². The van der Waals surface area contributed by atoms with Crippen molar-refractivity contribution in [1.29, 1.82) is 0 Å². The Balaban J connectivity index is 1.74. The van der Waals surface area contributed by atoms with Gasteiger partial charge in [0.25, 0.3) is 0 Å². The van der Waals surface area contributed by atoms with Crippen molar-refractivity contribution in [3.8, 4) is 5.75 Å². The fourth-order valence-electron chi connectivity index (χ4n) is 4.54. The first-order chi connectivity index (χ1) is 12.1. The zero-order chi connectivity index (χ0) is 17.6. The van der Waals surface area contributed by atoms with Crippen molar-refractivity contribution in [2.24, 2.45) is 0 Å². The molecule has 2 aromatic carbocycles. The van der Waals surface area contributed by atoms with Crippen LogP contribution >= 0.6 is 11.6 Å². The molecule has 1 aliphatic carbocycles. The lowest BCUT2D eigenvalue weighted by molar-refractivity contribution is 0.163. The monoisotopic (exact) mass is 356 g/mol. The number of piperazine rings is 1. The number of hydrogen-bond acceptors (Lipinski definition) is 3. The normalized spacial score (nSPS) is 23.1. The molecular weight excluding hydrogens is 332 g/mol. The number of likely N-dealkylation sites (N-methyl/N-ethyl adjacent to an activating group) is 1. The molecule has 0 bridgehead atoms. The summed E-state index contributed by atoms with van der Waals surface area (Å²) in [6.45, 7) is 4.29.